The Labute approximate surface area is 112 Å². The minimum atomic E-state index is -0.372. The average molecular weight is 265 g/mol. The lowest BCUT2D eigenvalue weighted by Crippen LogP contribution is -2.35. The van der Waals surface area contributed by atoms with Crippen molar-refractivity contribution in [3.8, 4) is 0 Å². The van der Waals surface area contributed by atoms with E-state index in [-0.39, 0.29) is 16.7 Å². The van der Waals surface area contributed by atoms with Crippen molar-refractivity contribution in [2.45, 2.75) is 25.9 Å². The molecule has 2 N–H and O–H groups in total. The predicted molar refractivity (Wildman–Crippen MR) is 74.7 cm³/mol. The van der Waals surface area contributed by atoms with Crippen LogP contribution >= 0.6 is 0 Å². The van der Waals surface area contributed by atoms with Crippen LogP contribution in [0.2, 0.25) is 0 Å². The van der Waals surface area contributed by atoms with E-state index in [1.165, 1.54) is 0 Å². The Hall–Kier alpha value is -1.82. The zero-order valence-corrected chi connectivity index (χ0v) is 11.0. The van der Waals surface area contributed by atoms with Gasteiger partial charge in [0.05, 0.1) is 11.0 Å². The van der Waals surface area contributed by atoms with Crippen LogP contribution in [-0.2, 0) is 0 Å². The van der Waals surface area contributed by atoms with E-state index in [1.807, 2.05) is 13.0 Å². The highest BCUT2D eigenvalue weighted by molar-refractivity contribution is 5.64. The van der Waals surface area contributed by atoms with E-state index in [0.29, 0.717) is 12.8 Å². The Morgan fingerprint density at radius 1 is 1.42 bits per heavy atom. The standard InChI is InChI=1S/C13H19N3O3/c1-2-14-10-7-11(9-12(8-10)16(18)19)15-5-3-13(17)4-6-15/h7-9,13-14,17H,2-6H2,1H3. The number of hydrogen-bond donors (Lipinski definition) is 2. The van der Waals surface area contributed by atoms with Crippen molar-refractivity contribution in [1.82, 2.24) is 0 Å². The summed E-state index contributed by atoms with van der Waals surface area (Å²) in [6.45, 7) is 4.14. The highest BCUT2D eigenvalue weighted by Gasteiger charge is 2.19. The minimum absolute atomic E-state index is 0.0968. The molecule has 0 unspecified atom stereocenters. The van der Waals surface area contributed by atoms with Crippen LogP contribution in [0.5, 0.6) is 0 Å². The number of aliphatic hydroxyl groups is 1. The van der Waals surface area contributed by atoms with Crippen LogP contribution in [0.3, 0.4) is 0 Å². The zero-order valence-electron chi connectivity index (χ0n) is 11.0. The topological polar surface area (TPSA) is 78.6 Å². The molecule has 6 nitrogen and oxygen atoms in total. The average Bonchev–Trinajstić information content (AvgIpc) is 2.39. The second-order valence-electron chi connectivity index (χ2n) is 4.74. The first-order valence-electron chi connectivity index (χ1n) is 6.56. The van der Waals surface area contributed by atoms with Gasteiger partial charge in [0.25, 0.3) is 5.69 Å². The smallest absolute Gasteiger partial charge is 0.273 e. The third kappa shape index (κ3) is 3.35. The van der Waals surface area contributed by atoms with Gasteiger partial charge in [0.2, 0.25) is 0 Å². The summed E-state index contributed by atoms with van der Waals surface area (Å²) in [6, 6.07) is 5.07. The summed E-state index contributed by atoms with van der Waals surface area (Å²) in [4.78, 5) is 12.7. The van der Waals surface area contributed by atoms with Crippen LogP contribution in [0.25, 0.3) is 0 Å². The minimum Gasteiger partial charge on any atom is -0.393 e. The Bertz CT molecular complexity index is 456. The number of rotatable bonds is 4. The van der Waals surface area contributed by atoms with E-state index in [4.69, 9.17) is 0 Å². The summed E-state index contributed by atoms with van der Waals surface area (Å²) < 4.78 is 0. The quantitative estimate of drug-likeness (QED) is 0.643. The van der Waals surface area contributed by atoms with Crippen molar-refractivity contribution in [2.75, 3.05) is 29.9 Å². The van der Waals surface area contributed by atoms with Crippen LogP contribution in [0.15, 0.2) is 18.2 Å². The Balaban J connectivity index is 2.25. The van der Waals surface area contributed by atoms with E-state index >= 15 is 0 Å². The molecule has 0 amide bonds. The molecule has 1 heterocycles. The first-order valence-corrected chi connectivity index (χ1v) is 6.56. The molecule has 2 rings (SSSR count). The van der Waals surface area contributed by atoms with Crippen molar-refractivity contribution in [3.05, 3.63) is 28.3 Å². The summed E-state index contributed by atoms with van der Waals surface area (Å²) in [6.07, 6.45) is 1.17. The fraction of sp³-hybridized carbons (Fsp3) is 0.538. The first kappa shape index (κ1) is 13.6. The molecular formula is C13H19N3O3. The number of benzene rings is 1. The zero-order chi connectivity index (χ0) is 13.8. The molecule has 1 saturated heterocycles. The summed E-state index contributed by atoms with van der Waals surface area (Å²) in [5.74, 6) is 0. The van der Waals surface area contributed by atoms with E-state index in [1.54, 1.807) is 12.1 Å². The molecule has 6 heteroatoms. The summed E-state index contributed by atoms with van der Waals surface area (Å²) >= 11 is 0. The normalized spacial score (nSPS) is 16.4. The number of nitro benzene ring substituents is 1. The molecule has 104 valence electrons. The SMILES string of the molecule is CCNc1cc(N2CCC(O)CC2)cc([N+](=O)[O-])c1. The second-order valence-corrected chi connectivity index (χ2v) is 4.74. The van der Waals surface area contributed by atoms with Gasteiger partial charge < -0.3 is 15.3 Å². The number of nitro groups is 1. The molecule has 0 aliphatic carbocycles. The fourth-order valence-corrected chi connectivity index (χ4v) is 2.31. The largest absolute Gasteiger partial charge is 0.393 e. The van der Waals surface area contributed by atoms with E-state index in [2.05, 4.69) is 10.2 Å². The molecule has 0 radical (unpaired) electrons. The van der Waals surface area contributed by atoms with Crippen molar-refractivity contribution >= 4 is 17.1 Å². The van der Waals surface area contributed by atoms with E-state index in [9.17, 15) is 15.2 Å². The molecule has 0 atom stereocenters. The van der Waals surface area contributed by atoms with Gasteiger partial charge in [-0.1, -0.05) is 0 Å². The van der Waals surface area contributed by atoms with Gasteiger partial charge >= 0.3 is 0 Å². The number of nitrogens with one attached hydrogen (secondary N) is 1. The molecule has 0 saturated carbocycles. The molecule has 0 aromatic heterocycles. The molecule has 0 spiro atoms. The van der Waals surface area contributed by atoms with Crippen LogP contribution in [0, 0.1) is 10.1 Å². The van der Waals surface area contributed by atoms with Gasteiger partial charge in [-0.2, -0.15) is 0 Å². The van der Waals surface area contributed by atoms with Crippen LogP contribution in [0.1, 0.15) is 19.8 Å². The molecule has 1 aliphatic heterocycles. The fourth-order valence-electron chi connectivity index (χ4n) is 2.31. The molecule has 1 fully saturated rings. The summed E-state index contributed by atoms with van der Waals surface area (Å²) in [5, 5.41) is 23.6. The lowest BCUT2D eigenvalue weighted by atomic mass is 10.1. The molecular weight excluding hydrogens is 246 g/mol. The van der Waals surface area contributed by atoms with Crippen molar-refractivity contribution < 1.29 is 10.0 Å². The number of aliphatic hydroxyl groups excluding tert-OH is 1. The van der Waals surface area contributed by atoms with Crippen LogP contribution in [0.4, 0.5) is 17.1 Å². The molecule has 1 aliphatic rings. The van der Waals surface area contributed by atoms with Gasteiger partial charge in [0.1, 0.15) is 0 Å². The van der Waals surface area contributed by atoms with Crippen LogP contribution < -0.4 is 10.2 Å². The van der Waals surface area contributed by atoms with Gasteiger partial charge in [-0.05, 0) is 25.8 Å². The number of hydrogen-bond acceptors (Lipinski definition) is 5. The molecule has 0 bridgehead atoms. The Kier molecular flexibility index (Phi) is 4.21. The van der Waals surface area contributed by atoms with E-state index < -0.39 is 0 Å². The van der Waals surface area contributed by atoms with Gasteiger partial charge in [-0.15, -0.1) is 0 Å². The maximum atomic E-state index is 11.0. The van der Waals surface area contributed by atoms with Crippen molar-refractivity contribution in [1.29, 1.82) is 0 Å². The Morgan fingerprint density at radius 3 is 2.68 bits per heavy atom. The monoisotopic (exact) mass is 265 g/mol. The second kappa shape index (κ2) is 5.88. The van der Waals surface area contributed by atoms with Crippen molar-refractivity contribution in [3.63, 3.8) is 0 Å². The highest BCUT2D eigenvalue weighted by atomic mass is 16.6. The third-order valence-electron chi connectivity index (χ3n) is 3.32. The number of nitrogens with zero attached hydrogens (tertiary/aromatic N) is 2. The maximum absolute atomic E-state index is 11.0. The number of non-ortho nitro benzene ring substituents is 1. The molecule has 1 aromatic carbocycles. The maximum Gasteiger partial charge on any atom is 0.273 e. The Morgan fingerprint density at radius 2 is 2.11 bits per heavy atom. The highest BCUT2D eigenvalue weighted by Crippen LogP contribution is 2.28. The lowest BCUT2D eigenvalue weighted by molar-refractivity contribution is -0.384. The molecule has 19 heavy (non-hydrogen) atoms. The van der Waals surface area contributed by atoms with Crippen LogP contribution in [-0.4, -0.2) is 35.8 Å². The summed E-state index contributed by atoms with van der Waals surface area (Å²) in [5.41, 5.74) is 1.70. The van der Waals surface area contributed by atoms with Gasteiger partial charge in [-0.25, -0.2) is 0 Å². The third-order valence-corrected chi connectivity index (χ3v) is 3.32. The van der Waals surface area contributed by atoms with Gasteiger partial charge in [0, 0.05) is 43.1 Å². The molecule has 1 aromatic rings. The number of anilines is 2. The lowest BCUT2D eigenvalue weighted by Gasteiger charge is -2.31. The van der Waals surface area contributed by atoms with Crippen molar-refractivity contribution in [2.24, 2.45) is 0 Å². The predicted octanol–water partition coefficient (Wildman–Crippen LogP) is 1.99. The van der Waals surface area contributed by atoms with Gasteiger partial charge in [-0.3, -0.25) is 10.1 Å². The number of piperidine rings is 1. The summed E-state index contributed by atoms with van der Waals surface area (Å²) in [7, 11) is 0. The van der Waals surface area contributed by atoms with Gasteiger partial charge in [0.15, 0.2) is 0 Å². The first-order chi connectivity index (χ1) is 9.10. The van der Waals surface area contributed by atoms with E-state index in [0.717, 1.165) is 31.0 Å².